The second-order valence-electron chi connectivity index (χ2n) is 9.82. The maximum Gasteiger partial charge on any atom is 0.316 e. The van der Waals surface area contributed by atoms with Crippen molar-refractivity contribution >= 4 is 17.3 Å². The van der Waals surface area contributed by atoms with E-state index < -0.39 is 0 Å². The number of aromatic nitrogens is 4. The van der Waals surface area contributed by atoms with Crippen LogP contribution in [0.2, 0.25) is 0 Å². The summed E-state index contributed by atoms with van der Waals surface area (Å²) in [5, 5.41) is 4.44. The molecule has 5 rings (SSSR count). The minimum absolute atomic E-state index is 0.0260. The molecular weight excluding hydrogens is 473 g/mol. The van der Waals surface area contributed by atoms with Crippen LogP contribution >= 0.6 is 0 Å². The first kappa shape index (κ1) is 25.0. The first-order chi connectivity index (χ1) is 17.8. The van der Waals surface area contributed by atoms with E-state index in [0.717, 1.165) is 33.9 Å². The summed E-state index contributed by atoms with van der Waals surface area (Å²) in [4.78, 5) is 28.1. The lowest BCUT2D eigenvalue weighted by atomic mass is 9.95. The van der Waals surface area contributed by atoms with Crippen molar-refractivity contribution in [1.82, 2.24) is 24.6 Å². The van der Waals surface area contributed by atoms with Crippen molar-refractivity contribution in [2.75, 3.05) is 42.6 Å². The SMILES string of the molecule is CCOc1ncc(N2CCc3c(F)ccc(N4CCN(C(=O)Cn5nc(C)cc5C)C(C)C4)c3C2)cn1. The lowest BCUT2D eigenvalue weighted by molar-refractivity contribution is -0.134. The number of amides is 1. The highest BCUT2D eigenvalue weighted by Gasteiger charge is 2.31. The maximum absolute atomic E-state index is 14.8. The van der Waals surface area contributed by atoms with Gasteiger partial charge >= 0.3 is 6.01 Å². The highest BCUT2D eigenvalue weighted by molar-refractivity contribution is 5.77. The summed E-state index contributed by atoms with van der Waals surface area (Å²) in [6.07, 6.45) is 4.13. The van der Waals surface area contributed by atoms with Crippen molar-refractivity contribution in [2.45, 2.75) is 53.2 Å². The fourth-order valence-electron chi connectivity index (χ4n) is 5.41. The molecule has 0 spiro atoms. The van der Waals surface area contributed by atoms with E-state index in [9.17, 15) is 9.18 Å². The van der Waals surface area contributed by atoms with E-state index in [0.29, 0.717) is 51.8 Å². The van der Waals surface area contributed by atoms with Gasteiger partial charge in [0.2, 0.25) is 5.91 Å². The molecule has 1 saturated heterocycles. The van der Waals surface area contributed by atoms with Crippen molar-refractivity contribution < 1.29 is 13.9 Å². The second-order valence-corrected chi connectivity index (χ2v) is 9.82. The Morgan fingerprint density at radius 1 is 1.11 bits per heavy atom. The molecule has 1 aromatic carbocycles. The van der Waals surface area contributed by atoms with Crippen molar-refractivity contribution in [3.63, 3.8) is 0 Å². The zero-order valence-electron chi connectivity index (χ0n) is 21.9. The van der Waals surface area contributed by atoms with Crippen molar-refractivity contribution in [2.24, 2.45) is 0 Å². The smallest absolute Gasteiger partial charge is 0.316 e. The molecule has 0 radical (unpaired) electrons. The Morgan fingerprint density at radius 2 is 1.89 bits per heavy atom. The van der Waals surface area contributed by atoms with E-state index in [1.165, 1.54) is 0 Å². The van der Waals surface area contributed by atoms with Gasteiger partial charge in [-0.3, -0.25) is 9.48 Å². The van der Waals surface area contributed by atoms with Gasteiger partial charge in [0, 0.05) is 55.7 Å². The first-order valence-corrected chi connectivity index (χ1v) is 12.9. The Morgan fingerprint density at radius 3 is 2.57 bits per heavy atom. The van der Waals surface area contributed by atoms with Gasteiger partial charge in [0.15, 0.2) is 0 Å². The van der Waals surface area contributed by atoms with Gasteiger partial charge in [-0.1, -0.05) is 0 Å². The van der Waals surface area contributed by atoms with E-state index in [-0.39, 0.29) is 24.3 Å². The zero-order valence-corrected chi connectivity index (χ0v) is 21.9. The Labute approximate surface area is 216 Å². The van der Waals surface area contributed by atoms with Gasteiger partial charge in [-0.2, -0.15) is 5.10 Å². The highest BCUT2D eigenvalue weighted by Crippen LogP contribution is 2.34. The largest absolute Gasteiger partial charge is 0.464 e. The predicted octanol–water partition coefficient (Wildman–Crippen LogP) is 3.13. The number of carbonyl (C=O) groups excluding carboxylic acids is 1. The number of rotatable bonds is 6. The number of hydrogen-bond donors (Lipinski definition) is 0. The Hall–Kier alpha value is -3.69. The third-order valence-electron chi connectivity index (χ3n) is 7.26. The molecule has 37 heavy (non-hydrogen) atoms. The number of benzene rings is 1. The van der Waals surface area contributed by atoms with E-state index in [4.69, 9.17) is 4.74 Å². The topological polar surface area (TPSA) is 79.6 Å². The second kappa shape index (κ2) is 10.4. The van der Waals surface area contributed by atoms with Crippen molar-refractivity contribution in [3.8, 4) is 6.01 Å². The summed E-state index contributed by atoms with van der Waals surface area (Å²) in [7, 11) is 0. The lowest BCUT2D eigenvalue weighted by Gasteiger charge is -2.43. The molecule has 2 aliphatic rings. The van der Waals surface area contributed by atoms with Crippen LogP contribution in [-0.4, -0.2) is 69.4 Å². The highest BCUT2D eigenvalue weighted by atomic mass is 19.1. The molecule has 4 heterocycles. The normalized spacial score (nSPS) is 17.6. The minimum Gasteiger partial charge on any atom is -0.464 e. The van der Waals surface area contributed by atoms with Crippen LogP contribution in [0.15, 0.2) is 30.6 Å². The molecule has 1 amide bonds. The molecule has 1 atom stereocenters. The summed E-state index contributed by atoms with van der Waals surface area (Å²) in [6.45, 7) is 11.9. The summed E-state index contributed by atoms with van der Waals surface area (Å²) in [6, 6.07) is 5.82. The quantitative estimate of drug-likeness (QED) is 0.507. The standard InChI is InChI=1S/C27H34FN7O2/c1-5-37-27-29-13-21(14-30-27)32-9-8-22-23(16-32)25(7-6-24(22)28)33-10-11-34(20(4)15-33)26(36)17-35-19(3)12-18(2)31-35/h6-7,12-14,20H,5,8-11,15-17H2,1-4H3. The van der Waals surface area contributed by atoms with Crippen molar-refractivity contribution in [1.29, 1.82) is 0 Å². The first-order valence-electron chi connectivity index (χ1n) is 12.9. The molecule has 1 fully saturated rings. The van der Waals surface area contributed by atoms with Gasteiger partial charge in [0.1, 0.15) is 12.4 Å². The number of ether oxygens (including phenoxy) is 1. The van der Waals surface area contributed by atoms with Crippen LogP contribution < -0.4 is 14.5 Å². The molecule has 1 unspecified atom stereocenters. The van der Waals surface area contributed by atoms with E-state index in [1.807, 2.05) is 37.8 Å². The number of hydrogen-bond acceptors (Lipinski definition) is 7. The molecule has 196 valence electrons. The number of fused-ring (bicyclic) bond motifs is 1. The van der Waals surface area contributed by atoms with Crippen LogP contribution in [0.3, 0.4) is 0 Å². The number of aryl methyl sites for hydroxylation is 2. The van der Waals surface area contributed by atoms with Crippen LogP contribution in [0.1, 0.15) is 36.4 Å². The Bertz CT molecular complexity index is 1280. The summed E-state index contributed by atoms with van der Waals surface area (Å²) in [5.74, 6) is -0.0887. The fourth-order valence-corrected chi connectivity index (χ4v) is 5.41. The summed E-state index contributed by atoms with van der Waals surface area (Å²) >= 11 is 0. The number of halogens is 1. The average molecular weight is 508 g/mol. The maximum atomic E-state index is 14.8. The van der Waals surface area contributed by atoms with Gasteiger partial charge in [-0.25, -0.2) is 14.4 Å². The third kappa shape index (κ3) is 5.10. The summed E-state index contributed by atoms with van der Waals surface area (Å²) < 4.78 is 22.0. The lowest BCUT2D eigenvalue weighted by Crippen LogP contribution is -2.55. The number of anilines is 2. The minimum atomic E-state index is -0.159. The van der Waals surface area contributed by atoms with Crippen LogP contribution in [0, 0.1) is 19.7 Å². The molecule has 9 nitrogen and oxygen atoms in total. The molecule has 2 aliphatic heterocycles. The van der Waals surface area contributed by atoms with Gasteiger partial charge in [0.05, 0.1) is 30.4 Å². The van der Waals surface area contributed by atoms with Gasteiger partial charge < -0.3 is 19.4 Å². The molecule has 2 aromatic heterocycles. The monoisotopic (exact) mass is 507 g/mol. The molecular formula is C27H34FN7O2. The van der Waals surface area contributed by atoms with Gasteiger partial charge in [0.25, 0.3) is 0 Å². The van der Waals surface area contributed by atoms with Gasteiger partial charge in [-0.15, -0.1) is 0 Å². The van der Waals surface area contributed by atoms with Crippen molar-refractivity contribution in [3.05, 3.63) is 58.9 Å². The van der Waals surface area contributed by atoms with E-state index >= 15 is 0 Å². The van der Waals surface area contributed by atoms with Crippen LogP contribution in [0.4, 0.5) is 15.8 Å². The van der Waals surface area contributed by atoms with Crippen LogP contribution in [0.5, 0.6) is 6.01 Å². The molecule has 0 bridgehead atoms. The van der Waals surface area contributed by atoms with Gasteiger partial charge in [-0.05, 0) is 57.9 Å². The Kier molecular flexibility index (Phi) is 6.99. The third-order valence-corrected chi connectivity index (χ3v) is 7.26. The van der Waals surface area contributed by atoms with Crippen LogP contribution in [-0.2, 0) is 24.3 Å². The van der Waals surface area contributed by atoms with E-state index in [2.05, 4.69) is 31.8 Å². The molecule has 0 saturated carbocycles. The molecule has 10 heteroatoms. The fraction of sp³-hybridized carbons (Fsp3) is 0.481. The molecule has 3 aromatic rings. The number of carbonyl (C=O) groups is 1. The molecule has 0 aliphatic carbocycles. The summed E-state index contributed by atoms with van der Waals surface area (Å²) in [5.41, 5.74) is 5.58. The number of nitrogens with zero attached hydrogens (tertiary/aromatic N) is 7. The van der Waals surface area contributed by atoms with Crippen LogP contribution in [0.25, 0.3) is 0 Å². The Balaban J connectivity index is 1.31. The van der Waals surface area contributed by atoms with E-state index in [1.54, 1.807) is 23.1 Å². The predicted molar refractivity (Wildman–Crippen MR) is 139 cm³/mol. The zero-order chi connectivity index (χ0) is 26.1. The molecule has 0 N–H and O–H groups in total. The number of piperazine rings is 1. The average Bonchev–Trinajstić information content (AvgIpc) is 3.20.